The van der Waals surface area contributed by atoms with E-state index in [1.807, 2.05) is 30.8 Å². The molecule has 1 aliphatic carbocycles. The van der Waals surface area contributed by atoms with Gasteiger partial charge in [0.25, 0.3) is 0 Å². The number of likely N-dealkylation sites (N-methyl/N-ethyl adjacent to an activating group) is 1. The molecule has 25 heavy (non-hydrogen) atoms. The first-order valence-electron chi connectivity index (χ1n) is 8.96. The highest BCUT2D eigenvalue weighted by Gasteiger charge is 2.31. The van der Waals surface area contributed by atoms with Crippen LogP contribution in [-0.2, 0) is 4.79 Å². The summed E-state index contributed by atoms with van der Waals surface area (Å²) in [7, 11) is 2.06. The molecule has 2 rings (SSSR count). The van der Waals surface area contributed by atoms with Crippen LogP contribution in [0.25, 0.3) is 0 Å². The maximum absolute atomic E-state index is 13.0. The van der Waals surface area contributed by atoms with Gasteiger partial charge in [-0.3, -0.25) is 9.69 Å². The van der Waals surface area contributed by atoms with Crippen LogP contribution in [0.2, 0.25) is 0 Å². The molecular formula is C20H29N3OS. The van der Waals surface area contributed by atoms with E-state index in [0.717, 1.165) is 17.7 Å². The van der Waals surface area contributed by atoms with Gasteiger partial charge >= 0.3 is 0 Å². The molecule has 0 spiro atoms. The van der Waals surface area contributed by atoms with Gasteiger partial charge in [-0.2, -0.15) is 17.0 Å². The zero-order chi connectivity index (χ0) is 18.4. The maximum Gasteiger partial charge on any atom is 0.241 e. The molecule has 0 radical (unpaired) electrons. The van der Waals surface area contributed by atoms with Crippen LogP contribution in [-0.4, -0.2) is 48.5 Å². The topological polar surface area (TPSA) is 47.3 Å². The Morgan fingerprint density at radius 3 is 2.80 bits per heavy atom. The number of hydrogen-bond donors (Lipinski definition) is 0. The lowest BCUT2D eigenvalue weighted by Crippen LogP contribution is -2.45. The number of rotatable bonds is 7. The fraction of sp³-hybridized carbons (Fsp3) is 0.600. The lowest BCUT2D eigenvalue weighted by atomic mass is 10.1. The third-order valence-corrected chi connectivity index (χ3v) is 6.44. The van der Waals surface area contributed by atoms with Crippen LogP contribution < -0.4 is 4.90 Å². The molecule has 1 aliphatic rings. The summed E-state index contributed by atoms with van der Waals surface area (Å²) in [6.07, 6.45) is 6.15. The predicted molar refractivity (Wildman–Crippen MR) is 106 cm³/mol. The number of thioether (sulfide) groups is 1. The van der Waals surface area contributed by atoms with E-state index in [1.165, 1.54) is 18.4 Å². The molecule has 1 saturated carbocycles. The molecule has 136 valence electrons. The number of carbonyl (C=O) groups excluding carboxylic acids is 1. The number of benzene rings is 1. The second-order valence-corrected chi connectivity index (χ2v) is 7.94. The summed E-state index contributed by atoms with van der Waals surface area (Å²) in [5.74, 6) is 0.0817. The highest BCUT2D eigenvalue weighted by atomic mass is 32.2. The summed E-state index contributed by atoms with van der Waals surface area (Å²) in [6.45, 7) is 4.95. The molecule has 1 aromatic carbocycles. The van der Waals surface area contributed by atoms with Crippen LogP contribution in [0, 0.1) is 25.2 Å². The zero-order valence-corrected chi connectivity index (χ0v) is 16.6. The van der Waals surface area contributed by atoms with Gasteiger partial charge in [-0.25, -0.2) is 0 Å². The van der Waals surface area contributed by atoms with E-state index in [4.69, 9.17) is 5.26 Å². The SMILES string of the molecule is CS[C@@H]1CCC[C@@H]1N(C)CC(=O)N(CCC#N)c1cccc(C)c1C. The van der Waals surface area contributed by atoms with E-state index in [-0.39, 0.29) is 5.91 Å². The van der Waals surface area contributed by atoms with E-state index < -0.39 is 0 Å². The van der Waals surface area contributed by atoms with E-state index in [1.54, 1.807) is 4.90 Å². The highest BCUT2D eigenvalue weighted by molar-refractivity contribution is 7.99. The van der Waals surface area contributed by atoms with Gasteiger partial charge in [-0.1, -0.05) is 18.6 Å². The fourth-order valence-electron chi connectivity index (χ4n) is 3.67. The Hall–Kier alpha value is -1.51. The molecule has 4 nitrogen and oxygen atoms in total. The Balaban J connectivity index is 2.16. The van der Waals surface area contributed by atoms with Crippen molar-refractivity contribution in [1.82, 2.24) is 4.90 Å². The first-order valence-corrected chi connectivity index (χ1v) is 10.2. The van der Waals surface area contributed by atoms with Gasteiger partial charge in [-0.15, -0.1) is 0 Å². The largest absolute Gasteiger partial charge is 0.310 e. The average molecular weight is 360 g/mol. The van der Waals surface area contributed by atoms with Crippen molar-refractivity contribution in [3.63, 3.8) is 0 Å². The van der Waals surface area contributed by atoms with Crippen LogP contribution in [0.1, 0.15) is 36.8 Å². The van der Waals surface area contributed by atoms with Crippen LogP contribution in [0.4, 0.5) is 5.69 Å². The lowest BCUT2D eigenvalue weighted by Gasteiger charge is -2.31. The molecule has 0 heterocycles. The number of anilines is 1. The van der Waals surface area contributed by atoms with Crippen molar-refractivity contribution < 1.29 is 4.79 Å². The van der Waals surface area contributed by atoms with Gasteiger partial charge in [0.15, 0.2) is 0 Å². The Bertz CT molecular complexity index is 640. The van der Waals surface area contributed by atoms with Crippen molar-refractivity contribution in [3.05, 3.63) is 29.3 Å². The number of aryl methyl sites for hydroxylation is 1. The Kier molecular flexibility index (Phi) is 7.34. The number of carbonyl (C=O) groups is 1. The molecule has 0 saturated heterocycles. The van der Waals surface area contributed by atoms with Crippen LogP contribution in [0.15, 0.2) is 18.2 Å². The van der Waals surface area contributed by atoms with Gasteiger partial charge in [0, 0.05) is 23.5 Å². The summed E-state index contributed by atoms with van der Waals surface area (Å²) >= 11 is 1.91. The van der Waals surface area contributed by atoms with E-state index in [9.17, 15) is 4.79 Å². The molecule has 5 heteroatoms. The quantitative estimate of drug-likeness (QED) is 0.743. The third kappa shape index (κ3) is 4.77. The minimum atomic E-state index is 0.0817. The van der Waals surface area contributed by atoms with Gasteiger partial charge in [0.2, 0.25) is 5.91 Å². The number of amides is 1. The second kappa shape index (κ2) is 9.26. The minimum Gasteiger partial charge on any atom is -0.310 e. The normalized spacial score (nSPS) is 19.8. The molecule has 2 atom stereocenters. The standard InChI is InChI=1S/C20H29N3OS/c1-15-8-5-9-17(16(15)2)23(13-7-12-21)20(24)14-22(3)18-10-6-11-19(18)25-4/h5,8-9,18-19H,6-7,10-11,13-14H2,1-4H3/t18-,19+/m0/s1. The van der Waals surface area contributed by atoms with Crippen LogP contribution >= 0.6 is 11.8 Å². The van der Waals surface area contributed by atoms with Crippen molar-refractivity contribution >= 4 is 23.4 Å². The Morgan fingerprint density at radius 2 is 2.12 bits per heavy atom. The van der Waals surface area contributed by atoms with E-state index in [2.05, 4.69) is 37.3 Å². The number of nitrogens with zero attached hydrogens (tertiary/aromatic N) is 3. The van der Waals surface area contributed by atoms with Gasteiger partial charge in [-0.05, 0) is 57.2 Å². The first kappa shape index (κ1) is 19.8. The Morgan fingerprint density at radius 1 is 1.36 bits per heavy atom. The van der Waals surface area contributed by atoms with Gasteiger partial charge in [0.05, 0.1) is 19.0 Å². The summed E-state index contributed by atoms with van der Waals surface area (Å²) in [4.78, 5) is 17.0. The lowest BCUT2D eigenvalue weighted by molar-refractivity contribution is -0.119. The highest BCUT2D eigenvalue weighted by Crippen LogP contribution is 2.31. The second-order valence-electron chi connectivity index (χ2n) is 6.86. The summed E-state index contributed by atoms with van der Waals surface area (Å²) in [6, 6.07) is 8.66. The van der Waals surface area contributed by atoms with Crippen LogP contribution in [0.3, 0.4) is 0 Å². The number of hydrogen-bond acceptors (Lipinski definition) is 4. The molecule has 0 N–H and O–H groups in total. The predicted octanol–water partition coefficient (Wildman–Crippen LogP) is 3.77. The first-order chi connectivity index (χ1) is 12.0. The van der Waals surface area contributed by atoms with E-state index >= 15 is 0 Å². The summed E-state index contributed by atoms with van der Waals surface area (Å²) in [5, 5.41) is 9.60. The van der Waals surface area contributed by atoms with Crippen molar-refractivity contribution in [2.75, 3.05) is 31.3 Å². The number of nitriles is 1. The molecule has 0 aromatic heterocycles. The zero-order valence-electron chi connectivity index (χ0n) is 15.8. The van der Waals surface area contributed by atoms with Crippen molar-refractivity contribution in [3.8, 4) is 6.07 Å². The Labute approximate surface area is 156 Å². The van der Waals surface area contributed by atoms with Gasteiger partial charge in [0.1, 0.15) is 0 Å². The molecule has 0 bridgehead atoms. The molecule has 1 aromatic rings. The summed E-state index contributed by atoms with van der Waals surface area (Å²) < 4.78 is 0. The summed E-state index contributed by atoms with van der Waals surface area (Å²) in [5.41, 5.74) is 3.21. The monoisotopic (exact) mass is 359 g/mol. The van der Waals surface area contributed by atoms with E-state index in [0.29, 0.717) is 30.8 Å². The molecule has 0 unspecified atom stereocenters. The van der Waals surface area contributed by atoms with Gasteiger partial charge < -0.3 is 4.90 Å². The average Bonchev–Trinajstić information content (AvgIpc) is 3.07. The molecule has 1 amide bonds. The van der Waals surface area contributed by atoms with Crippen molar-refractivity contribution in [1.29, 1.82) is 5.26 Å². The van der Waals surface area contributed by atoms with Crippen molar-refractivity contribution in [2.24, 2.45) is 0 Å². The maximum atomic E-state index is 13.0. The fourth-order valence-corrected chi connectivity index (χ4v) is 4.73. The molecule has 0 aliphatic heterocycles. The van der Waals surface area contributed by atoms with Crippen LogP contribution in [0.5, 0.6) is 0 Å². The third-order valence-electron chi connectivity index (χ3n) is 5.29. The molecular weight excluding hydrogens is 330 g/mol. The smallest absolute Gasteiger partial charge is 0.241 e. The molecule has 1 fully saturated rings. The minimum absolute atomic E-state index is 0.0817. The van der Waals surface area contributed by atoms with Crippen molar-refractivity contribution in [2.45, 2.75) is 50.8 Å².